The van der Waals surface area contributed by atoms with Crippen LogP contribution < -0.4 is 5.01 Å². The third kappa shape index (κ3) is 3.94. The minimum atomic E-state index is -4.52. The zero-order valence-electron chi connectivity index (χ0n) is 17.7. The van der Waals surface area contributed by atoms with Crippen molar-refractivity contribution < 1.29 is 22.4 Å². The number of anilines is 1. The van der Waals surface area contributed by atoms with Gasteiger partial charge >= 0.3 is 6.18 Å². The number of furan rings is 1. The van der Waals surface area contributed by atoms with Crippen molar-refractivity contribution >= 4 is 50.1 Å². The number of hydrogen-bond donors (Lipinski definition) is 0. The number of nitrogens with zero attached hydrogens (tertiary/aromatic N) is 2. The van der Waals surface area contributed by atoms with E-state index in [4.69, 9.17) is 4.42 Å². The molecular weight excluding hydrogens is 509 g/mol. The lowest BCUT2D eigenvalue weighted by Gasteiger charge is -2.14. The number of rotatable bonds is 3. The third-order valence-corrected chi connectivity index (χ3v) is 6.22. The summed E-state index contributed by atoms with van der Waals surface area (Å²) in [4.78, 5) is 13.0. The van der Waals surface area contributed by atoms with Gasteiger partial charge in [-0.05, 0) is 66.2 Å². The van der Waals surface area contributed by atoms with Gasteiger partial charge in [-0.15, -0.1) is 0 Å². The van der Waals surface area contributed by atoms with Crippen molar-refractivity contribution in [2.75, 3.05) is 5.01 Å². The van der Waals surface area contributed by atoms with Crippen LogP contribution >= 0.6 is 15.9 Å². The van der Waals surface area contributed by atoms with Gasteiger partial charge in [-0.25, -0.2) is 0 Å². The van der Waals surface area contributed by atoms with E-state index in [1.54, 1.807) is 19.1 Å². The first-order valence-corrected chi connectivity index (χ1v) is 11.1. The van der Waals surface area contributed by atoms with Gasteiger partial charge in [0.15, 0.2) is 0 Å². The monoisotopic (exact) mass is 524 g/mol. The zero-order valence-corrected chi connectivity index (χ0v) is 19.3. The van der Waals surface area contributed by atoms with E-state index in [-0.39, 0.29) is 11.3 Å². The maximum atomic E-state index is 13.1. The van der Waals surface area contributed by atoms with Gasteiger partial charge in [0.05, 0.1) is 22.5 Å². The summed E-state index contributed by atoms with van der Waals surface area (Å²) in [6, 6.07) is 19.9. The van der Waals surface area contributed by atoms with Crippen molar-refractivity contribution in [1.82, 2.24) is 0 Å². The molecule has 0 spiro atoms. The Bertz CT molecular complexity index is 1500. The maximum absolute atomic E-state index is 13.1. The molecule has 1 aromatic heterocycles. The summed E-state index contributed by atoms with van der Waals surface area (Å²) in [5, 5.41) is 7.20. The Morgan fingerprint density at radius 3 is 2.50 bits per heavy atom. The van der Waals surface area contributed by atoms with Crippen LogP contribution in [0.15, 0.2) is 92.4 Å². The lowest BCUT2D eigenvalue weighted by Crippen LogP contribution is -2.21. The second-order valence-corrected chi connectivity index (χ2v) is 8.61. The number of amides is 1. The normalized spacial score (nSPS) is 15.4. The fourth-order valence-corrected chi connectivity index (χ4v) is 4.35. The lowest BCUT2D eigenvalue weighted by atomic mass is 10.0. The van der Waals surface area contributed by atoms with E-state index in [1.165, 1.54) is 12.1 Å². The summed E-state index contributed by atoms with van der Waals surface area (Å²) in [5.41, 5.74) is 0.732. The molecule has 34 heavy (non-hydrogen) atoms. The molecule has 0 saturated carbocycles. The Kier molecular flexibility index (Phi) is 5.40. The highest BCUT2D eigenvalue weighted by Crippen LogP contribution is 2.36. The molecule has 8 heteroatoms. The second kappa shape index (κ2) is 8.29. The first kappa shape index (κ1) is 22.2. The summed E-state index contributed by atoms with van der Waals surface area (Å²) >= 11 is 3.56. The molecule has 5 rings (SSSR count). The molecule has 0 saturated heterocycles. The van der Waals surface area contributed by atoms with Crippen molar-refractivity contribution in [3.05, 3.63) is 94.2 Å². The molecule has 0 fully saturated rings. The minimum absolute atomic E-state index is 0.0454. The topological polar surface area (TPSA) is 45.8 Å². The Labute approximate surface area is 201 Å². The number of alkyl halides is 3. The number of fused-ring (bicyclic) bond motifs is 1. The average molecular weight is 525 g/mol. The van der Waals surface area contributed by atoms with Crippen LogP contribution in [-0.2, 0) is 11.0 Å². The zero-order chi connectivity index (χ0) is 24.0. The average Bonchev–Trinajstić information content (AvgIpc) is 3.39. The molecule has 2 heterocycles. The van der Waals surface area contributed by atoms with Crippen molar-refractivity contribution in [2.24, 2.45) is 5.10 Å². The quantitative estimate of drug-likeness (QED) is 0.258. The van der Waals surface area contributed by atoms with Crippen molar-refractivity contribution in [2.45, 2.75) is 13.1 Å². The van der Waals surface area contributed by atoms with Crippen molar-refractivity contribution in [1.29, 1.82) is 0 Å². The SMILES string of the molecule is CC1=NN(c2cccc(C(F)(F)F)c2)C(=O)C1=Cc1ccc(-c2ccc(Br)c3ccccc23)o1. The summed E-state index contributed by atoms with van der Waals surface area (Å²) in [5.74, 6) is 0.542. The Hall–Kier alpha value is -3.65. The van der Waals surface area contributed by atoms with Gasteiger partial charge in [0.1, 0.15) is 11.5 Å². The molecule has 1 amide bonds. The van der Waals surface area contributed by atoms with Crippen LogP contribution in [0.5, 0.6) is 0 Å². The molecule has 3 aromatic carbocycles. The van der Waals surface area contributed by atoms with Gasteiger partial charge in [-0.3, -0.25) is 4.79 Å². The van der Waals surface area contributed by atoms with Crippen LogP contribution in [0.25, 0.3) is 28.2 Å². The van der Waals surface area contributed by atoms with Crippen LogP contribution in [0.1, 0.15) is 18.2 Å². The van der Waals surface area contributed by atoms with E-state index in [0.29, 0.717) is 17.2 Å². The molecule has 4 aromatic rings. The first-order valence-electron chi connectivity index (χ1n) is 10.3. The van der Waals surface area contributed by atoms with Crippen LogP contribution in [0.4, 0.5) is 18.9 Å². The predicted molar refractivity (Wildman–Crippen MR) is 129 cm³/mol. The largest absolute Gasteiger partial charge is 0.457 e. The van der Waals surface area contributed by atoms with Gasteiger partial charge in [0.25, 0.3) is 5.91 Å². The Morgan fingerprint density at radius 2 is 1.74 bits per heavy atom. The third-order valence-electron chi connectivity index (χ3n) is 5.53. The molecule has 0 bridgehead atoms. The Balaban J connectivity index is 1.47. The minimum Gasteiger partial charge on any atom is -0.457 e. The van der Waals surface area contributed by atoms with Gasteiger partial charge in [0.2, 0.25) is 0 Å². The highest BCUT2D eigenvalue weighted by atomic mass is 79.9. The number of carbonyl (C=O) groups is 1. The number of hydrogen-bond acceptors (Lipinski definition) is 3. The molecule has 0 atom stereocenters. The first-order chi connectivity index (χ1) is 16.2. The highest BCUT2D eigenvalue weighted by molar-refractivity contribution is 9.10. The molecular formula is C26H16BrF3N2O2. The molecule has 0 aliphatic carbocycles. The molecule has 4 nitrogen and oxygen atoms in total. The van der Waals surface area contributed by atoms with Crippen LogP contribution in [0.3, 0.4) is 0 Å². The highest BCUT2D eigenvalue weighted by Gasteiger charge is 2.33. The van der Waals surface area contributed by atoms with E-state index in [9.17, 15) is 18.0 Å². The van der Waals surface area contributed by atoms with Gasteiger partial charge in [-0.2, -0.15) is 23.3 Å². The van der Waals surface area contributed by atoms with Gasteiger partial charge in [0, 0.05) is 10.0 Å². The molecule has 0 unspecified atom stereocenters. The summed E-state index contributed by atoms with van der Waals surface area (Å²) < 4.78 is 46.3. The van der Waals surface area contributed by atoms with Crippen LogP contribution in [0.2, 0.25) is 0 Å². The predicted octanol–water partition coefficient (Wildman–Crippen LogP) is 7.69. The van der Waals surface area contributed by atoms with Gasteiger partial charge in [-0.1, -0.05) is 46.3 Å². The molecule has 1 aliphatic heterocycles. The smallest absolute Gasteiger partial charge is 0.416 e. The lowest BCUT2D eigenvalue weighted by molar-refractivity contribution is -0.137. The molecule has 170 valence electrons. The summed E-state index contributed by atoms with van der Waals surface area (Å²) in [6.07, 6.45) is -2.96. The number of halogens is 4. The van der Waals surface area contributed by atoms with Crippen molar-refractivity contribution in [3.63, 3.8) is 0 Å². The van der Waals surface area contributed by atoms with E-state index in [2.05, 4.69) is 21.0 Å². The van der Waals surface area contributed by atoms with Crippen LogP contribution in [0, 0.1) is 0 Å². The fourth-order valence-electron chi connectivity index (χ4n) is 3.87. The number of carbonyl (C=O) groups excluding carboxylic acids is 1. The standard InChI is InChI=1S/C26H16BrF3N2O2/c1-15-22(25(33)32(31-15)17-6-4-5-16(13-17)26(28,29)30)14-18-9-12-24(34-18)21-10-11-23(27)20-8-3-2-7-19(20)21/h2-14H,1H3. The second-order valence-electron chi connectivity index (χ2n) is 7.75. The van der Waals surface area contributed by atoms with E-state index >= 15 is 0 Å². The fraction of sp³-hybridized carbons (Fsp3) is 0.0769. The molecule has 0 radical (unpaired) electrons. The van der Waals surface area contributed by atoms with Gasteiger partial charge < -0.3 is 4.42 Å². The summed E-state index contributed by atoms with van der Waals surface area (Å²) in [6.45, 7) is 1.63. The maximum Gasteiger partial charge on any atom is 0.416 e. The molecule has 1 aliphatic rings. The van der Waals surface area contributed by atoms with E-state index in [0.717, 1.165) is 38.0 Å². The molecule has 0 N–H and O–H groups in total. The van der Waals surface area contributed by atoms with Crippen molar-refractivity contribution in [3.8, 4) is 11.3 Å². The van der Waals surface area contributed by atoms with Crippen LogP contribution in [-0.4, -0.2) is 11.6 Å². The Morgan fingerprint density at radius 1 is 0.971 bits per heavy atom. The summed E-state index contributed by atoms with van der Waals surface area (Å²) in [7, 11) is 0. The van der Waals surface area contributed by atoms with E-state index < -0.39 is 17.6 Å². The number of hydrazone groups is 1. The number of benzene rings is 3. The van der Waals surface area contributed by atoms with E-state index in [1.807, 2.05) is 42.5 Å².